The van der Waals surface area contributed by atoms with Gasteiger partial charge in [-0.2, -0.15) is 0 Å². The maximum Gasteiger partial charge on any atom is 0.317 e. The Bertz CT molecular complexity index is 351. The van der Waals surface area contributed by atoms with Crippen molar-refractivity contribution in [3.8, 4) is 0 Å². The lowest BCUT2D eigenvalue weighted by Crippen LogP contribution is -2.48. The highest BCUT2D eigenvalue weighted by atomic mass is 16.4. The summed E-state index contributed by atoms with van der Waals surface area (Å²) in [4.78, 5) is 25.1. The Morgan fingerprint density at radius 1 is 1.30 bits per heavy atom. The van der Waals surface area contributed by atoms with Crippen molar-refractivity contribution in [1.29, 1.82) is 0 Å². The maximum atomic E-state index is 12.1. The molecule has 1 aliphatic rings. The van der Waals surface area contributed by atoms with Crippen LogP contribution in [0.1, 0.15) is 52.9 Å². The van der Waals surface area contributed by atoms with Crippen LogP contribution in [0.5, 0.6) is 0 Å². The minimum Gasteiger partial charge on any atom is -0.481 e. The average molecular weight is 284 g/mol. The molecule has 0 saturated heterocycles. The van der Waals surface area contributed by atoms with Crippen molar-refractivity contribution in [3.05, 3.63) is 0 Å². The van der Waals surface area contributed by atoms with E-state index in [0.29, 0.717) is 6.42 Å². The summed E-state index contributed by atoms with van der Waals surface area (Å²) in [6.45, 7) is 5.91. The number of nitrogens with one attached hydrogen (secondary N) is 1. The molecule has 2 N–H and O–H groups in total. The van der Waals surface area contributed by atoms with E-state index in [4.69, 9.17) is 0 Å². The summed E-state index contributed by atoms with van der Waals surface area (Å²) in [5.41, 5.74) is -0.891. The molecule has 1 fully saturated rings. The van der Waals surface area contributed by atoms with Crippen LogP contribution in [-0.2, 0) is 4.79 Å². The Morgan fingerprint density at radius 2 is 1.85 bits per heavy atom. The van der Waals surface area contributed by atoms with E-state index in [1.807, 2.05) is 6.92 Å². The molecule has 2 amide bonds. The summed E-state index contributed by atoms with van der Waals surface area (Å²) < 4.78 is 0. The summed E-state index contributed by atoms with van der Waals surface area (Å²) in [5, 5.41) is 12.0. The molecule has 0 aromatic heterocycles. The van der Waals surface area contributed by atoms with Crippen LogP contribution < -0.4 is 5.32 Å². The van der Waals surface area contributed by atoms with E-state index in [2.05, 4.69) is 12.2 Å². The fourth-order valence-corrected chi connectivity index (χ4v) is 2.54. The summed E-state index contributed by atoms with van der Waals surface area (Å²) in [6.07, 6.45) is 4.88. The van der Waals surface area contributed by atoms with Gasteiger partial charge in [-0.1, -0.05) is 13.8 Å². The van der Waals surface area contributed by atoms with E-state index in [1.54, 1.807) is 18.9 Å². The number of carbonyl (C=O) groups is 2. The molecule has 1 rings (SSSR count). The normalized spacial score (nSPS) is 25.6. The van der Waals surface area contributed by atoms with Gasteiger partial charge in [0.25, 0.3) is 0 Å². The number of carbonyl (C=O) groups excluding carboxylic acids is 1. The minimum atomic E-state index is -0.891. The van der Waals surface area contributed by atoms with Crippen molar-refractivity contribution in [2.45, 2.75) is 58.9 Å². The van der Waals surface area contributed by atoms with E-state index in [-0.39, 0.29) is 18.6 Å². The van der Waals surface area contributed by atoms with Crippen molar-refractivity contribution < 1.29 is 14.7 Å². The molecule has 0 aliphatic heterocycles. The molecule has 20 heavy (non-hydrogen) atoms. The van der Waals surface area contributed by atoms with Crippen LogP contribution in [0.2, 0.25) is 0 Å². The van der Waals surface area contributed by atoms with Gasteiger partial charge in [0.15, 0.2) is 0 Å². The van der Waals surface area contributed by atoms with Crippen LogP contribution in [-0.4, -0.2) is 41.6 Å². The highest BCUT2D eigenvalue weighted by Gasteiger charge is 2.32. The second kappa shape index (κ2) is 6.95. The quantitative estimate of drug-likeness (QED) is 0.815. The number of nitrogens with zero attached hydrogens (tertiary/aromatic N) is 1. The molecule has 0 spiro atoms. The first-order valence-corrected chi connectivity index (χ1v) is 7.54. The maximum absolute atomic E-state index is 12.1. The Balaban J connectivity index is 2.48. The molecule has 1 saturated carbocycles. The molecule has 0 radical (unpaired) electrons. The molecule has 1 atom stereocenters. The number of carboxylic acids is 1. The number of urea groups is 1. The number of hydrogen-bond acceptors (Lipinski definition) is 2. The zero-order chi connectivity index (χ0) is 15.3. The van der Waals surface area contributed by atoms with Crippen LogP contribution in [0.4, 0.5) is 4.79 Å². The van der Waals surface area contributed by atoms with Gasteiger partial charge in [-0.15, -0.1) is 0 Å². The standard InChI is InChI=1S/C15H28N2O3/c1-5-15(3,13(18)19)10-16-14(20)17(4)12-8-6-11(2)7-9-12/h11-12H,5-10H2,1-4H3,(H,16,20)(H,18,19). The first-order valence-electron chi connectivity index (χ1n) is 7.54. The zero-order valence-electron chi connectivity index (χ0n) is 13.1. The fourth-order valence-electron chi connectivity index (χ4n) is 2.54. The van der Waals surface area contributed by atoms with E-state index in [0.717, 1.165) is 31.6 Å². The fraction of sp³-hybridized carbons (Fsp3) is 0.867. The Morgan fingerprint density at radius 3 is 2.30 bits per heavy atom. The zero-order valence-corrected chi connectivity index (χ0v) is 13.1. The van der Waals surface area contributed by atoms with Crippen LogP contribution in [0.25, 0.3) is 0 Å². The molecule has 5 nitrogen and oxygen atoms in total. The first kappa shape index (κ1) is 16.8. The summed E-state index contributed by atoms with van der Waals surface area (Å²) >= 11 is 0. The molecule has 1 unspecified atom stereocenters. The molecule has 0 heterocycles. The topological polar surface area (TPSA) is 69.6 Å². The smallest absolute Gasteiger partial charge is 0.317 e. The molecule has 0 aromatic carbocycles. The number of hydrogen-bond donors (Lipinski definition) is 2. The lowest BCUT2D eigenvalue weighted by atomic mass is 9.86. The van der Waals surface area contributed by atoms with Crippen molar-refractivity contribution >= 4 is 12.0 Å². The van der Waals surface area contributed by atoms with E-state index in [1.165, 1.54) is 0 Å². The summed E-state index contributed by atoms with van der Waals surface area (Å²) in [6, 6.07) is 0.120. The minimum absolute atomic E-state index is 0.162. The van der Waals surface area contributed by atoms with Gasteiger partial charge in [0.2, 0.25) is 0 Å². The van der Waals surface area contributed by atoms with Crippen LogP contribution in [0, 0.1) is 11.3 Å². The summed E-state index contributed by atoms with van der Waals surface area (Å²) in [5.74, 6) is -0.118. The molecule has 5 heteroatoms. The van der Waals surface area contributed by atoms with Crippen molar-refractivity contribution in [2.24, 2.45) is 11.3 Å². The lowest BCUT2D eigenvalue weighted by molar-refractivity contribution is -0.147. The van der Waals surface area contributed by atoms with Gasteiger partial charge in [-0.05, 0) is 44.9 Å². The number of aliphatic carboxylic acids is 1. The summed E-state index contributed by atoms with van der Waals surface area (Å²) in [7, 11) is 1.81. The van der Waals surface area contributed by atoms with Gasteiger partial charge in [0, 0.05) is 19.6 Å². The highest BCUT2D eigenvalue weighted by Crippen LogP contribution is 2.26. The predicted molar refractivity (Wildman–Crippen MR) is 78.6 cm³/mol. The van der Waals surface area contributed by atoms with Gasteiger partial charge in [0.1, 0.15) is 0 Å². The Labute approximate surface area is 121 Å². The third-order valence-electron chi connectivity index (χ3n) is 4.78. The molecule has 116 valence electrons. The van der Waals surface area contributed by atoms with E-state index < -0.39 is 11.4 Å². The monoisotopic (exact) mass is 284 g/mol. The second-order valence-electron chi connectivity index (χ2n) is 6.40. The largest absolute Gasteiger partial charge is 0.481 e. The Hall–Kier alpha value is -1.26. The van der Waals surface area contributed by atoms with Gasteiger partial charge < -0.3 is 15.3 Å². The first-order chi connectivity index (χ1) is 9.30. The van der Waals surface area contributed by atoms with Gasteiger partial charge in [0.05, 0.1) is 5.41 Å². The average Bonchev–Trinajstić information content (AvgIpc) is 2.44. The number of carboxylic acid groups (broad SMARTS) is 1. The number of amides is 2. The molecule has 0 aromatic rings. The van der Waals surface area contributed by atoms with Gasteiger partial charge in [-0.25, -0.2) is 4.79 Å². The van der Waals surface area contributed by atoms with Crippen LogP contribution in [0.15, 0.2) is 0 Å². The Kier molecular flexibility index (Phi) is 5.84. The van der Waals surface area contributed by atoms with E-state index >= 15 is 0 Å². The second-order valence-corrected chi connectivity index (χ2v) is 6.40. The molecular formula is C15H28N2O3. The van der Waals surface area contributed by atoms with Crippen molar-refractivity contribution in [2.75, 3.05) is 13.6 Å². The van der Waals surface area contributed by atoms with Crippen molar-refractivity contribution in [3.63, 3.8) is 0 Å². The predicted octanol–water partition coefficient (Wildman–Crippen LogP) is 2.71. The lowest BCUT2D eigenvalue weighted by Gasteiger charge is -2.34. The molecule has 0 bridgehead atoms. The van der Waals surface area contributed by atoms with Crippen molar-refractivity contribution in [1.82, 2.24) is 10.2 Å². The number of rotatable bonds is 5. The van der Waals surface area contributed by atoms with Gasteiger partial charge >= 0.3 is 12.0 Å². The van der Waals surface area contributed by atoms with E-state index in [9.17, 15) is 14.7 Å². The van der Waals surface area contributed by atoms with Crippen LogP contribution in [0.3, 0.4) is 0 Å². The third-order valence-corrected chi connectivity index (χ3v) is 4.78. The third kappa shape index (κ3) is 4.12. The highest BCUT2D eigenvalue weighted by molar-refractivity contribution is 5.77. The van der Waals surface area contributed by atoms with Crippen LogP contribution >= 0.6 is 0 Å². The molecule has 1 aliphatic carbocycles. The SMILES string of the molecule is CCC(C)(CNC(=O)N(C)C1CCC(C)CC1)C(=O)O. The van der Waals surface area contributed by atoms with Gasteiger partial charge in [-0.3, -0.25) is 4.79 Å². The molecular weight excluding hydrogens is 256 g/mol.